The zero-order valence-electron chi connectivity index (χ0n) is 34.4. The molecule has 0 radical (unpaired) electrons. The molecular weight excluding hydrogens is 741 g/mol. The maximum absolute atomic E-state index is 15.0. The Balaban J connectivity index is 1.45. The molecule has 1 N–H and O–H groups in total. The number of nitrogens with zero attached hydrogens (tertiary/aromatic N) is 4. The monoisotopic (exact) mass is 799 g/mol. The van der Waals surface area contributed by atoms with E-state index in [1.54, 1.807) is 11.1 Å². The van der Waals surface area contributed by atoms with E-state index in [1.165, 1.54) is 5.56 Å². The van der Waals surface area contributed by atoms with Gasteiger partial charge in [-0.25, -0.2) is 4.79 Å². The first kappa shape index (κ1) is 43.0. The van der Waals surface area contributed by atoms with Crippen molar-refractivity contribution in [2.24, 2.45) is 16.8 Å². The summed E-state index contributed by atoms with van der Waals surface area (Å²) in [6.45, 7) is 18.6. The summed E-state index contributed by atoms with van der Waals surface area (Å²) in [6.07, 6.45) is 11.5. The number of pyridine rings is 1. The zero-order valence-corrected chi connectivity index (χ0v) is 35.9. The first-order valence-corrected chi connectivity index (χ1v) is 20.8. The fourth-order valence-electron chi connectivity index (χ4n) is 7.14. The molecule has 1 saturated heterocycles. The molecule has 1 aliphatic carbocycles. The molecule has 56 heavy (non-hydrogen) atoms. The van der Waals surface area contributed by atoms with Crippen LogP contribution in [-0.4, -0.2) is 57.8 Å². The van der Waals surface area contributed by atoms with Crippen LogP contribution in [0.15, 0.2) is 89.0 Å². The third-order valence-electron chi connectivity index (χ3n) is 11.0. The number of halogens is 2. The molecule has 2 aliphatic rings. The molecule has 3 aromatic rings. The van der Waals surface area contributed by atoms with E-state index in [-0.39, 0.29) is 35.7 Å². The van der Waals surface area contributed by atoms with Crippen LogP contribution in [0.1, 0.15) is 116 Å². The molecule has 0 saturated carbocycles. The van der Waals surface area contributed by atoms with Gasteiger partial charge in [-0.1, -0.05) is 94.2 Å². The number of anilines is 1. The van der Waals surface area contributed by atoms with Crippen LogP contribution in [0.2, 0.25) is 5.02 Å². The summed E-state index contributed by atoms with van der Waals surface area (Å²) in [5.74, 6) is 1.77. The maximum atomic E-state index is 15.0. The Kier molecular flexibility index (Phi) is 14.5. The van der Waals surface area contributed by atoms with Crippen LogP contribution in [0.5, 0.6) is 5.75 Å². The number of aromatic nitrogens is 1. The highest BCUT2D eigenvalue weighted by Crippen LogP contribution is 2.35. The van der Waals surface area contributed by atoms with Gasteiger partial charge >= 0.3 is 6.03 Å². The standard InChI is InChI=1S/C46H59Cl2N5O3/c1-9-31(3)34-13-21-38(22-14-34)50-42(54)27-32-23-25-52(26-24-32)44(55)53(30-33-11-17-36(47)18-12-33)43(51-46(7,8)35-15-19-37(48)20-16-35)39-29-49-41(45(4,5)6)28-40(39)56-10-2/h11-15,17-22,28-29,31-32,35H,9-10,16,23-27,30H2,1-8H3,(H,50,54). The molecule has 0 spiro atoms. The Bertz CT molecular complexity index is 1910. The SMILES string of the molecule is CCOc1cc(C(C)(C)C)ncc1C(=NC(C)(C)C1C=CC(Cl)=CC1)N(Cc1ccc(Cl)cc1)C(=O)N1CCC(CC(=O)Nc2ccc(C(C)CC)cc2)CC1. The van der Waals surface area contributed by atoms with E-state index >= 15 is 4.79 Å². The number of allylic oxidation sites excluding steroid dienone is 3. The number of hydrogen-bond donors (Lipinski definition) is 1. The maximum Gasteiger partial charge on any atom is 0.325 e. The van der Waals surface area contributed by atoms with Crippen molar-refractivity contribution in [3.63, 3.8) is 0 Å². The largest absolute Gasteiger partial charge is 0.493 e. The molecule has 0 bridgehead atoms. The van der Waals surface area contributed by atoms with Crippen molar-refractivity contribution in [2.45, 2.75) is 111 Å². The molecule has 3 amide bonds. The summed E-state index contributed by atoms with van der Waals surface area (Å²) < 4.78 is 6.32. The summed E-state index contributed by atoms with van der Waals surface area (Å²) in [7, 11) is 0. The van der Waals surface area contributed by atoms with Crippen LogP contribution in [-0.2, 0) is 16.8 Å². The van der Waals surface area contributed by atoms with Gasteiger partial charge in [-0.3, -0.25) is 19.7 Å². The number of carbonyl (C=O) groups excluding carboxylic acids is 2. The molecule has 8 nitrogen and oxygen atoms in total. The predicted octanol–water partition coefficient (Wildman–Crippen LogP) is 11.5. The van der Waals surface area contributed by atoms with Crippen LogP contribution in [0.3, 0.4) is 0 Å². The smallest absolute Gasteiger partial charge is 0.325 e. The Morgan fingerprint density at radius 2 is 1.70 bits per heavy atom. The van der Waals surface area contributed by atoms with Crippen LogP contribution in [0.4, 0.5) is 10.5 Å². The number of aliphatic imine (C=N–C) groups is 1. The molecule has 2 aromatic carbocycles. The van der Waals surface area contributed by atoms with E-state index in [0.29, 0.717) is 78.5 Å². The first-order chi connectivity index (χ1) is 26.6. The number of amides is 3. The van der Waals surface area contributed by atoms with Crippen molar-refractivity contribution < 1.29 is 14.3 Å². The molecule has 2 heterocycles. The molecule has 5 rings (SSSR count). The number of rotatable bonds is 12. The van der Waals surface area contributed by atoms with Gasteiger partial charge in [-0.15, -0.1) is 0 Å². The molecule has 300 valence electrons. The van der Waals surface area contributed by atoms with E-state index in [9.17, 15) is 4.79 Å². The van der Waals surface area contributed by atoms with Gasteiger partial charge in [0, 0.05) is 64.5 Å². The fourth-order valence-corrected chi connectivity index (χ4v) is 7.43. The number of amidine groups is 1. The lowest BCUT2D eigenvalue weighted by atomic mass is 9.83. The second-order valence-electron chi connectivity index (χ2n) is 16.7. The highest BCUT2D eigenvalue weighted by atomic mass is 35.5. The van der Waals surface area contributed by atoms with Crippen molar-refractivity contribution in [2.75, 3.05) is 25.0 Å². The average Bonchev–Trinajstić information content (AvgIpc) is 3.17. The minimum atomic E-state index is -0.639. The number of urea groups is 1. The highest BCUT2D eigenvalue weighted by Gasteiger charge is 2.36. The van der Waals surface area contributed by atoms with Crippen LogP contribution in [0, 0.1) is 11.8 Å². The second kappa shape index (κ2) is 18.9. The minimum Gasteiger partial charge on any atom is -0.493 e. The quantitative estimate of drug-likeness (QED) is 0.146. The second-order valence-corrected chi connectivity index (χ2v) is 17.6. The summed E-state index contributed by atoms with van der Waals surface area (Å²) in [5.41, 5.74) is 3.64. The normalized spacial score (nSPS) is 17.3. The molecule has 2 unspecified atom stereocenters. The Morgan fingerprint density at radius 1 is 1.02 bits per heavy atom. The number of piperidine rings is 1. The van der Waals surface area contributed by atoms with Crippen molar-refractivity contribution in [1.29, 1.82) is 0 Å². The molecule has 2 atom stereocenters. The molecule has 1 fully saturated rings. The fraction of sp³-hybridized carbons (Fsp3) is 0.478. The molecule has 1 aromatic heterocycles. The highest BCUT2D eigenvalue weighted by molar-refractivity contribution is 6.31. The van der Waals surface area contributed by atoms with Crippen LogP contribution in [0.25, 0.3) is 0 Å². The number of likely N-dealkylation sites (tertiary alicyclic amines) is 1. The van der Waals surface area contributed by atoms with Gasteiger partial charge in [0.15, 0.2) is 0 Å². The van der Waals surface area contributed by atoms with Gasteiger partial charge in [-0.05, 0) is 99.8 Å². The van der Waals surface area contributed by atoms with Gasteiger partial charge in [0.2, 0.25) is 5.91 Å². The van der Waals surface area contributed by atoms with E-state index in [4.69, 9.17) is 37.9 Å². The topological polar surface area (TPSA) is 87.1 Å². The summed E-state index contributed by atoms with van der Waals surface area (Å²) in [5, 5.41) is 4.41. The third-order valence-corrected chi connectivity index (χ3v) is 11.5. The first-order valence-electron chi connectivity index (χ1n) is 20.1. The van der Waals surface area contributed by atoms with Gasteiger partial charge in [-0.2, -0.15) is 0 Å². The molecule has 1 aliphatic heterocycles. The lowest BCUT2D eigenvalue weighted by Crippen LogP contribution is -2.50. The predicted molar refractivity (Wildman–Crippen MR) is 231 cm³/mol. The van der Waals surface area contributed by atoms with Crippen molar-refractivity contribution in [1.82, 2.24) is 14.8 Å². The Morgan fingerprint density at radius 3 is 2.29 bits per heavy atom. The van der Waals surface area contributed by atoms with E-state index in [0.717, 1.165) is 23.4 Å². The van der Waals surface area contributed by atoms with Gasteiger partial charge in [0.25, 0.3) is 0 Å². The van der Waals surface area contributed by atoms with Crippen LogP contribution >= 0.6 is 23.2 Å². The zero-order chi connectivity index (χ0) is 40.6. The summed E-state index contributed by atoms with van der Waals surface area (Å²) in [4.78, 5) is 42.2. The van der Waals surface area contributed by atoms with E-state index in [2.05, 4.69) is 72.0 Å². The van der Waals surface area contributed by atoms with Crippen molar-refractivity contribution in [3.8, 4) is 5.75 Å². The van der Waals surface area contributed by atoms with Crippen molar-refractivity contribution in [3.05, 3.63) is 111 Å². The van der Waals surface area contributed by atoms with Gasteiger partial charge < -0.3 is 15.0 Å². The lowest BCUT2D eigenvalue weighted by Gasteiger charge is -2.38. The number of benzene rings is 2. The Hall–Kier alpha value is -4.14. The van der Waals surface area contributed by atoms with E-state index < -0.39 is 5.54 Å². The number of hydrogen-bond acceptors (Lipinski definition) is 5. The molecular formula is C46H59Cl2N5O3. The average molecular weight is 801 g/mol. The van der Waals surface area contributed by atoms with Gasteiger partial charge in [0.1, 0.15) is 11.6 Å². The van der Waals surface area contributed by atoms with Crippen LogP contribution < -0.4 is 10.1 Å². The van der Waals surface area contributed by atoms with Crippen molar-refractivity contribution >= 4 is 46.7 Å². The third kappa shape index (κ3) is 11.3. The lowest BCUT2D eigenvalue weighted by molar-refractivity contribution is -0.117. The molecule has 10 heteroatoms. The van der Waals surface area contributed by atoms with Gasteiger partial charge in [0.05, 0.1) is 24.3 Å². The minimum absolute atomic E-state index is 0.00497. The Labute approximate surface area is 344 Å². The number of nitrogens with one attached hydrogen (secondary N) is 1. The number of ether oxygens (including phenoxy) is 1. The van der Waals surface area contributed by atoms with E-state index in [1.807, 2.05) is 66.4 Å². The summed E-state index contributed by atoms with van der Waals surface area (Å²) in [6, 6.07) is 17.5. The summed E-state index contributed by atoms with van der Waals surface area (Å²) >= 11 is 12.7. The number of carbonyl (C=O) groups is 2.